The Morgan fingerprint density at radius 2 is 1.89 bits per heavy atom. The number of carbonyl (C=O) groups excluding carboxylic acids is 1. The third-order valence-corrected chi connectivity index (χ3v) is 4.09. The lowest BCUT2D eigenvalue weighted by molar-refractivity contribution is -0.129. The Hall–Kier alpha value is -3.48. The number of hydrogen-bond acceptors (Lipinski definition) is 7. The van der Waals surface area contributed by atoms with E-state index in [9.17, 15) is 4.79 Å². The van der Waals surface area contributed by atoms with Gasteiger partial charge in [0.15, 0.2) is 28.7 Å². The van der Waals surface area contributed by atoms with Gasteiger partial charge in [-0.15, -0.1) is 0 Å². The third kappa shape index (κ3) is 3.51. The summed E-state index contributed by atoms with van der Waals surface area (Å²) in [6, 6.07) is 10.7. The topological polar surface area (TPSA) is 75.6 Å². The van der Waals surface area contributed by atoms with E-state index in [1.54, 1.807) is 43.5 Å². The van der Waals surface area contributed by atoms with Crippen molar-refractivity contribution in [3.05, 3.63) is 53.2 Å². The highest BCUT2D eigenvalue weighted by Crippen LogP contribution is 2.34. The fourth-order valence-corrected chi connectivity index (χ4v) is 2.85. The Balaban J connectivity index is 1.62. The van der Waals surface area contributed by atoms with Crippen LogP contribution in [0.15, 0.2) is 47.1 Å². The highest BCUT2D eigenvalue weighted by molar-refractivity contribution is 6.13. The molecule has 2 heterocycles. The first-order chi connectivity index (χ1) is 13.5. The molecule has 2 aliphatic rings. The Kier molecular flexibility index (Phi) is 4.65. The summed E-state index contributed by atoms with van der Waals surface area (Å²) in [5.41, 5.74) is 1.59. The molecule has 2 aromatic carbocycles. The van der Waals surface area contributed by atoms with Crippen LogP contribution in [0.5, 0.6) is 23.0 Å². The van der Waals surface area contributed by atoms with Crippen LogP contribution in [0.2, 0.25) is 0 Å². The molecule has 0 spiro atoms. The number of nitrogens with zero attached hydrogens (tertiary/aromatic N) is 1. The predicted octanol–water partition coefficient (Wildman–Crippen LogP) is 3.56. The number of hydrogen-bond donors (Lipinski definition) is 0. The van der Waals surface area contributed by atoms with Crippen molar-refractivity contribution >= 4 is 17.9 Å². The fraction of sp³-hybridized carbons (Fsp3) is 0.238. The van der Waals surface area contributed by atoms with Gasteiger partial charge in [0.1, 0.15) is 0 Å². The first-order valence-electron chi connectivity index (χ1n) is 8.81. The van der Waals surface area contributed by atoms with Crippen molar-refractivity contribution in [3.8, 4) is 23.0 Å². The molecule has 7 nitrogen and oxygen atoms in total. The maximum atomic E-state index is 12.2. The zero-order valence-electron chi connectivity index (χ0n) is 15.7. The van der Waals surface area contributed by atoms with Crippen LogP contribution in [0.3, 0.4) is 0 Å². The van der Waals surface area contributed by atoms with Gasteiger partial charge in [0, 0.05) is 5.56 Å². The number of benzene rings is 2. The van der Waals surface area contributed by atoms with Crippen molar-refractivity contribution in [2.45, 2.75) is 20.0 Å². The maximum Gasteiger partial charge on any atom is 0.363 e. The Morgan fingerprint density at radius 1 is 1.07 bits per heavy atom. The van der Waals surface area contributed by atoms with E-state index in [0.717, 1.165) is 5.56 Å². The highest BCUT2D eigenvalue weighted by Gasteiger charge is 2.26. The molecule has 2 aromatic rings. The SMILES string of the molecule is COc1cc(C=C2N=C(c3ccc4c(c3)OCO4)OC2=O)ccc1OC(C)C. The van der Waals surface area contributed by atoms with Crippen LogP contribution in [0, 0.1) is 0 Å². The van der Waals surface area contributed by atoms with Crippen LogP contribution < -0.4 is 18.9 Å². The number of esters is 1. The van der Waals surface area contributed by atoms with Gasteiger partial charge < -0.3 is 23.7 Å². The van der Waals surface area contributed by atoms with Gasteiger partial charge in [-0.25, -0.2) is 9.79 Å². The summed E-state index contributed by atoms with van der Waals surface area (Å²) in [7, 11) is 1.57. The molecule has 28 heavy (non-hydrogen) atoms. The van der Waals surface area contributed by atoms with Crippen LogP contribution in [0.4, 0.5) is 0 Å². The molecule has 0 aromatic heterocycles. The second kappa shape index (κ2) is 7.26. The number of fused-ring (bicyclic) bond motifs is 1. The van der Waals surface area contributed by atoms with E-state index in [0.29, 0.717) is 28.6 Å². The van der Waals surface area contributed by atoms with Crippen molar-refractivity contribution in [1.29, 1.82) is 0 Å². The molecule has 0 saturated carbocycles. The highest BCUT2D eigenvalue weighted by atomic mass is 16.7. The summed E-state index contributed by atoms with van der Waals surface area (Å²) >= 11 is 0. The Labute approximate surface area is 162 Å². The van der Waals surface area contributed by atoms with Gasteiger partial charge in [-0.05, 0) is 55.8 Å². The zero-order chi connectivity index (χ0) is 19.7. The quantitative estimate of drug-likeness (QED) is 0.582. The summed E-state index contributed by atoms with van der Waals surface area (Å²) in [6.07, 6.45) is 1.67. The molecule has 7 heteroatoms. The second-order valence-electron chi connectivity index (χ2n) is 6.48. The lowest BCUT2D eigenvalue weighted by Crippen LogP contribution is -2.06. The molecule has 0 radical (unpaired) electrons. The molecule has 0 N–H and O–H groups in total. The van der Waals surface area contributed by atoms with Gasteiger partial charge in [0.2, 0.25) is 12.7 Å². The van der Waals surface area contributed by atoms with Gasteiger partial charge in [0.25, 0.3) is 0 Å². The van der Waals surface area contributed by atoms with E-state index in [4.69, 9.17) is 23.7 Å². The van der Waals surface area contributed by atoms with Crippen LogP contribution in [-0.4, -0.2) is 31.9 Å². The number of aliphatic imine (C=N–C) groups is 1. The Bertz CT molecular complexity index is 992. The smallest absolute Gasteiger partial charge is 0.363 e. The average Bonchev–Trinajstić information content (AvgIpc) is 3.28. The lowest BCUT2D eigenvalue weighted by Gasteiger charge is -2.13. The van der Waals surface area contributed by atoms with E-state index in [1.807, 2.05) is 19.9 Å². The fourth-order valence-electron chi connectivity index (χ4n) is 2.85. The van der Waals surface area contributed by atoms with Gasteiger partial charge in [-0.2, -0.15) is 0 Å². The second-order valence-corrected chi connectivity index (χ2v) is 6.48. The van der Waals surface area contributed by atoms with E-state index >= 15 is 0 Å². The third-order valence-electron chi connectivity index (χ3n) is 4.09. The van der Waals surface area contributed by atoms with Crippen molar-refractivity contribution < 1.29 is 28.5 Å². The van der Waals surface area contributed by atoms with Crippen LogP contribution in [0.25, 0.3) is 6.08 Å². The van der Waals surface area contributed by atoms with E-state index in [2.05, 4.69) is 4.99 Å². The minimum absolute atomic E-state index is 0.0248. The van der Waals surface area contributed by atoms with Crippen LogP contribution in [0.1, 0.15) is 25.0 Å². The van der Waals surface area contributed by atoms with Gasteiger partial charge in [0.05, 0.1) is 13.2 Å². The van der Waals surface area contributed by atoms with Crippen LogP contribution in [-0.2, 0) is 9.53 Å². The maximum absolute atomic E-state index is 12.2. The van der Waals surface area contributed by atoms with Crippen molar-refractivity contribution in [2.75, 3.05) is 13.9 Å². The number of carbonyl (C=O) groups is 1. The van der Waals surface area contributed by atoms with E-state index < -0.39 is 5.97 Å². The number of rotatable bonds is 5. The van der Waals surface area contributed by atoms with Gasteiger partial charge in [-0.3, -0.25) is 0 Å². The predicted molar refractivity (Wildman–Crippen MR) is 102 cm³/mol. The van der Waals surface area contributed by atoms with Crippen molar-refractivity contribution in [1.82, 2.24) is 0 Å². The molecule has 0 amide bonds. The standard InChI is InChI=1S/C21H19NO6/c1-12(2)27-17-6-4-13(9-18(17)24-3)8-15-21(23)28-20(22-15)14-5-7-16-19(10-14)26-11-25-16/h4-10,12H,11H2,1-3H3. The zero-order valence-corrected chi connectivity index (χ0v) is 15.7. The first kappa shape index (κ1) is 17.9. The molecular formula is C21H19NO6. The summed E-state index contributed by atoms with van der Waals surface area (Å²) in [5.74, 6) is 2.17. The summed E-state index contributed by atoms with van der Waals surface area (Å²) in [6.45, 7) is 4.06. The number of methoxy groups -OCH3 is 1. The summed E-state index contributed by atoms with van der Waals surface area (Å²) in [5, 5.41) is 0. The van der Waals surface area contributed by atoms with Crippen molar-refractivity contribution in [2.24, 2.45) is 4.99 Å². The molecule has 2 aliphatic heterocycles. The number of ether oxygens (including phenoxy) is 5. The molecule has 4 rings (SSSR count). The first-order valence-corrected chi connectivity index (χ1v) is 8.81. The van der Waals surface area contributed by atoms with Gasteiger partial charge in [-0.1, -0.05) is 6.07 Å². The van der Waals surface area contributed by atoms with Gasteiger partial charge >= 0.3 is 5.97 Å². The number of cyclic esters (lactones) is 1. The van der Waals surface area contributed by atoms with Crippen LogP contribution >= 0.6 is 0 Å². The molecule has 0 fully saturated rings. The largest absolute Gasteiger partial charge is 0.493 e. The molecule has 0 bridgehead atoms. The summed E-state index contributed by atoms with van der Waals surface area (Å²) in [4.78, 5) is 16.6. The molecule has 0 saturated heterocycles. The molecule has 0 unspecified atom stereocenters. The molecular weight excluding hydrogens is 362 g/mol. The van der Waals surface area contributed by atoms with E-state index in [-0.39, 0.29) is 24.5 Å². The van der Waals surface area contributed by atoms with Crippen molar-refractivity contribution in [3.63, 3.8) is 0 Å². The lowest BCUT2D eigenvalue weighted by atomic mass is 10.1. The molecule has 0 atom stereocenters. The average molecular weight is 381 g/mol. The summed E-state index contributed by atoms with van der Waals surface area (Å²) < 4.78 is 27.0. The minimum Gasteiger partial charge on any atom is -0.493 e. The molecule has 0 aliphatic carbocycles. The van der Waals surface area contributed by atoms with E-state index in [1.165, 1.54) is 0 Å². The molecule has 144 valence electrons. The Morgan fingerprint density at radius 3 is 2.68 bits per heavy atom. The normalized spacial score (nSPS) is 16.4. The monoisotopic (exact) mass is 381 g/mol. The minimum atomic E-state index is -0.519.